The lowest BCUT2D eigenvalue weighted by molar-refractivity contribution is -0.151. The summed E-state index contributed by atoms with van der Waals surface area (Å²) in [7, 11) is 1.43. The fourth-order valence-corrected chi connectivity index (χ4v) is 4.68. The van der Waals surface area contributed by atoms with Crippen molar-refractivity contribution in [3.8, 4) is 11.8 Å². The van der Waals surface area contributed by atoms with Crippen molar-refractivity contribution < 1.29 is 38.2 Å². The third kappa shape index (κ3) is 18.1. The zero-order valence-corrected chi connectivity index (χ0v) is 30.9. The van der Waals surface area contributed by atoms with E-state index < -0.39 is 41.4 Å². The van der Waals surface area contributed by atoms with Gasteiger partial charge in [-0.15, -0.1) is 5.92 Å². The molecule has 0 bridgehead atoms. The van der Waals surface area contributed by atoms with Crippen LogP contribution in [-0.4, -0.2) is 68.2 Å². The van der Waals surface area contributed by atoms with Gasteiger partial charge in [0.1, 0.15) is 18.2 Å². The van der Waals surface area contributed by atoms with E-state index in [2.05, 4.69) is 33.1 Å². The number of hydrogen-bond donors (Lipinski definition) is 4. The first kappa shape index (κ1) is 43.2. The van der Waals surface area contributed by atoms with Crippen molar-refractivity contribution in [2.24, 2.45) is 11.3 Å². The number of ether oxygens (including phenoxy) is 3. The molecule has 1 rings (SSSR count). The van der Waals surface area contributed by atoms with Crippen LogP contribution < -0.4 is 21.3 Å². The monoisotopic (exact) mass is 696 g/mol. The number of hydrogen-bond acceptors (Lipinski definition) is 8. The lowest BCUT2D eigenvalue weighted by Gasteiger charge is -2.29. The predicted octanol–water partition coefficient (Wildman–Crippen LogP) is 4.89. The Kier molecular flexibility index (Phi) is 20.4. The first-order chi connectivity index (χ1) is 23.7. The van der Waals surface area contributed by atoms with Gasteiger partial charge >= 0.3 is 12.1 Å². The molecule has 12 heteroatoms. The largest absolute Gasteiger partial charge is 0.490 e. The Hall–Kier alpha value is -4.79. The van der Waals surface area contributed by atoms with E-state index in [9.17, 15) is 24.0 Å². The summed E-state index contributed by atoms with van der Waals surface area (Å²) in [4.78, 5) is 61.5. The third-order valence-corrected chi connectivity index (χ3v) is 7.40. The normalized spacial score (nSPS) is 16.8. The highest BCUT2D eigenvalue weighted by molar-refractivity contribution is 5.93. The molecule has 1 aliphatic heterocycles. The van der Waals surface area contributed by atoms with E-state index in [1.165, 1.54) is 19.4 Å². The molecule has 0 unspecified atom stereocenters. The molecule has 0 aliphatic carbocycles. The van der Waals surface area contributed by atoms with Gasteiger partial charge in [-0.3, -0.25) is 14.4 Å². The number of cyclic esters (lactones) is 1. The second-order valence-electron chi connectivity index (χ2n) is 12.9. The number of esters is 1. The number of alkyl carbamates (subject to hydrolysis) is 1. The zero-order valence-electron chi connectivity index (χ0n) is 30.9. The minimum absolute atomic E-state index is 0.0126. The minimum Gasteiger partial charge on any atom is -0.490 e. The van der Waals surface area contributed by atoms with Crippen LogP contribution in [0.1, 0.15) is 87.0 Å². The SMILES string of the molecule is CC#CC[C@@H](C/C=C\NC(=O)[C@@H](NC(=O)\C=C/C=C\C(C)=C\[C@H](C)[C@@H]1CC=C(OC)C(=O)O1)C(C)(C)C)OC(=O)NCCCNC(=O)CCC. The molecule has 0 aromatic heterocycles. The fourth-order valence-electron chi connectivity index (χ4n) is 4.68. The van der Waals surface area contributed by atoms with E-state index in [-0.39, 0.29) is 23.7 Å². The van der Waals surface area contributed by atoms with E-state index >= 15 is 0 Å². The van der Waals surface area contributed by atoms with Crippen molar-refractivity contribution >= 4 is 29.8 Å². The summed E-state index contributed by atoms with van der Waals surface area (Å²) in [5, 5.41) is 11.0. The van der Waals surface area contributed by atoms with E-state index in [1.54, 1.807) is 31.2 Å². The van der Waals surface area contributed by atoms with Crippen molar-refractivity contribution in [2.45, 2.75) is 105 Å². The first-order valence-electron chi connectivity index (χ1n) is 17.1. The summed E-state index contributed by atoms with van der Waals surface area (Å²) >= 11 is 0. The predicted molar refractivity (Wildman–Crippen MR) is 193 cm³/mol. The summed E-state index contributed by atoms with van der Waals surface area (Å²) in [6.07, 6.45) is 14.9. The zero-order chi connectivity index (χ0) is 37.5. The smallest absolute Gasteiger partial charge is 0.407 e. The Morgan fingerprint density at radius 2 is 1.82 bits per heavy atom. The Morgan fingerprint density at radius 1 is 1.12 bits per heavy atom. The molecule has 0 saturated carbocycles. The molecule has 1 aliphatic rings. The van der Waals surface area contributed by atoms with Gasteiger partial charge in [0.15, 0.2) is 5.76 Å². The number of carbonyl (C=O) groups excluding carboxylic acids is 5. The van der Waals surface area contributed by atoms with E-state index in [1.807, 2.05) is 53.7 Å². The van der Waals surface area contributed by atoms with Crippen LogP contribution in [0.3, 0.4) is 0 Å². The lowest BCUT2D eigenvalue weighted by Crippen LogP contribution is -2.52. The average Bonchev–Trinajstić information content (AvgIpc) is 3.05. The van der Waals surface area contributed by atoms with E-state index in [4.69, 9.17) is 14.2 Å². The molecule has 12 nitrogen and oxygen atoms in total. The highest BCUT2D eigenvalue weighted by Gasteiger charge is 2.32. The standard InChI is InChI=1S/C38H56N4O8/c1-9-11-18-29(49-37(47)41-25-15-24-39-32(43)16-10-2)19-14-23-40-35(45)34(38(5,6)7)42-33(44)20-13-12-17-27(3)26-28(4)30-21-22-31(48-8)36(46)50-30/h12-14,17,20,22-23,26,28-30,34H,10,15-16,18-19,21,24-25H2,1-8H3,(H,39,43)(H,40,45)(H,41,47)(H,42,44)/b17-12-,20-13-,23-14-,27-26+/t28-,29-,30-,34+/m0/s1. The second-order valence-corrected chi connectivity index (χ2v) is 12.9. The molecule has 0 radical (unpaired) electrons. The van der Waals surface area contributed by atoms with Crippen molar-refractivity contribution in [3.05, 3.63) is 60.1 Å². The van der Waals surface area contributed by atoms with Gasteiger partial charge in [0.05, 0.1) is 7.11 Å². The topological polar surface area (TPSA) is 161 Å². The van der Waals surface area contributed by atoms with Crippen molar-refractivity contribution in [1.29, 1.82) is 0 Å². The average molecular weight is 697 g/mol. The molecule has 4 atom stereocenters. The molecule has 276 valence electrons. The maximum absolute atomic E-state index is 13.1. The highest BCUT2D eigenvalue weighted by atomic mass is 16.6. The Balaban J connectivity index is 2.64. The Bertz CT molecular complexity index is 1360. The summed E-state index contributed by atoms with van der Waals surface area (Å²) in [6.45, 7) is 13.9. The van der Waals surface area contributed by atoms with E-state index in [0.29, 0.717) is 45.2 Å². The molecule has 0 spiro atoms. The van der Waals surface area contributed by atoms with Crippen molar-refractivity contribution in [3.63, 3.8) is 0 Å². The molecule has 0 fully saturated rings. The number of rotatable bonds is 19. The number of allylic oxidation sites excluding steroid dienone is 4. The van der Waals surface area contributed by atoms with Crippen molar-refractivity contribution in [1.82, 2.24) is 21.3 Å². The molecule has 4 amide bonds. The highest BCUT2D eigenvalue weighted by Crippen LogP contribution is 2.23. The first-order valence-corrected chi connectivity index (χ1v) is 17.1. The van der Waals surface area contributed by atoms with Crippen LogP contribution in [0.4, 0.5) is 4.79 Å². The minimum atomic E-state index is -0.836. The lowest BCUT2D eigenvalue weighted by atomic mass is 9.86. The molecule has 4 N–H and O–H groups in total. The molecule has 0 saturated heterocycles. The van der Waals surface area contributed by atoms with Crippen molar-refractivity contribution in [2.75, 3.05) is 20.2 Å². The fraction of sp³-hybridized carbons (Fsp3) is 0.553. The van der Waals surface area contributed by atoms with E-state index in [0.717, 1.165) is 12.0 Å². The van der Waals surface area contributed by atoms with Crippen LogP contribution >= 0.6 is 0 Å². The van der Waals surface area contributed by atoms with Gasteiger partial charge in [0, 0.05) is 50.8 Å². The van der Waals surface area contributed by atoms with Crippen LogP contribution in [0, 0.1) is 23.2 Å². The summed E-state index contributed by atoms with van der Waals surface area (Å²) in [6, 6.07) is -0.836. The number of nitrogens with one attached hydrogen (secondary N) is 4. The molecule has 0 aromatic carbocycles. The Labute approximate surface area is 297 Å². The van der Waals surface area contributed by atoms with Gasteiger partial charge in [-0.1, -0.05) is 76.5 Å². The summed E-state index contributed by atoms with van der Waals surface area (Å²) in [5.74, 6) is 4.58. The number of methoxy groups -OCH3 is 1. The summed E-state index contributed by atoms with van der Waals surface area (Å²) < 4.78 is 15.9. The van der Waals surface area contributed by atoms with Gasteiger partial charge in [0.25, 0.3) is 0 Å². The molecule has 50 heavy (non-hydrogen) atoms. The maximum Gasteiger partial charge on any atom is 0.407 e. The summed E-state index contributed by atoms with van der Waals surface area (Å²) in [5.41, 5.74) is 0.339. The van der Waals surface area contributed by atoms with Crippen LogP contribution in [0.2, 0.25) is 0 Å². The quantitative estimate of drug-likeness (QED) is 0.0488. The van der Waals surface area contributed by atoms with Crippen LogP contribution in [0.15, 0.2) is 60.1 Å². The maximum atomic E-state index is 13.1. The molecular weight excluding hydrogens is 640 g/mol. The number of amides is 4. The molecular formula is C38H56N4O8. The van der Waals surface area contributed by atoms with Gasteiger partial charge in [0.2, 0.25) is 17.7 Å². The van der Waals surface area contributed by atoms with Crippen LogP contribution in [0.25, 0.3) is 0 Å². The third-order valence-electron chi connectivity index (χ3n) is 7.40. The van der Waals surface area contributed by atoms with Crippen LogP contribution in [0.5, 0.6) is 0 Å². The Morgan fingerprint density at radius 3 is 2.46 bits per heavy atom. The molecule has 0 aromatic rings. The molecule has 1 heterocycles. The van der Waals surface area contributed by atoms with Gasteiger partial charge < -0.3 is 35.5 Å². The van der Waals surface area contributed by atoms with Gasteiger partial charge in [-0.25, -0.2) is 9.59 Å². The van der Waals surface area contributed by atoms with Gasteiger partial charge in [-0.2, -0.15) is 0 Å². The van der Waals surface area contributed by atoms with Gasteiger partial charge in [-0.05, 0) is 44.4 Å². The second kappa shape index (κ2) is 23.5. The number of carbonyl (C=O) groups is 5. The van der Waals surface area contributed by atoms with Crippen LogP contribution in [-0.2, 0) is 33.4 Å².